The van der Waals surface area contributed by atoms with Crippen molar-refractivity contribution in [1.82, 2.24) is 19.7 Å². The van der Waals surface area contributed by atoms with Gasteiger partial charge in [-0.2, -0.15) is 0 Å². The highest BCUT2D eigenvalue weighted by Gasteiger charge is 2.38. The number of likely N-dealkylation sites (tertiary alicyclic amines) is 1. The van der Waals surface area contributed by atoms with Crippen LogP contribution in [0.3, 0.4) is 0 Å². The summed E-state index contributed by atoms with van der Waals surface area (Å²) in [6, 6.07) is 35.7. The number of hydrogen-bond acceptors (Lipinski definition) is 7. The number of fused-ring (bicyclic) bond motifs is 4. The lowest BCUT2D eigenvalue weighted by Crippen LogP contribution is -2.46. The van der Waals surface area contributed by atoms with Crippen LogP contribution in [0.4, 0.5) is 5.69 Å². The van der Waals surface area contributed by atoms with Crippen molar-refractivity contribution in [3.63, 3.8) is 0 Å². The predicted molar refractivity (Wildman–Crippen MR) is 236 cm³/mol. The molecule has 296 valence electrons. The fraction of sp³-hybridized carbons (Fsp3) is 0.380. The van der Waals surface area contributed by atoms with Crippen molar-refractivity contribution in [2.45, 2.75) is 90.6 Å². The van der Waals surface area contributed by atoms with E-state index in [1.54, 1.807) is 0 Å². The van der Waals surface area contributed by atoms with Gasteiger partial charge in [0.05, 0.1) is 5.71 Å². The third kappa shape index (κ3) is 6.68. The molecule has 1 N–H and O–H groups in total. The highest BCUT2D eigenvalue weighted by molar-refractivity contribution is 7.15. The summed E-state index contributed by atoms with van der Waals surface area (Å²) >= 11 is 1.82. The van der Waals surface area contributed by atoms with Gasteiger partial charge in [-0.25, -0.2) is 0 Å². The lowest BCUT2D eigenvalue weighted by atomic mass is 9.69. The molecule has 1 aliphatic carbocycles. The van der Waals surface area contributed by atoms with Crippen molar-refractivity contribution in [1.29, 1.82) is 0 Å². The second kappa shape index (κ2) is 15.0. The summed E-state index contributed by atoms with van der Waals surface area (Å²) in [6.07, 6.45) is 7.19. The van der Waals surface area contributed by atoms with Gasteiger partial charge in [-0.3, -0.25) is 14.5 Å². The highest BCUT2D eigenvalue weighted by atomic mass is 32.1. The average Bonchev–Trinajstić information content (AvgIpc) is 3.74. The minimum absolute atomic E-state index is 0.0729. The Bertz CT molecular complexity index is 2460. The Morgan fingerprint density at radius 1 is 0.793 bits per heavy atom. The van der Waals surface area contributed by atoms with Crippen LogP contribution in [-0.2, 0) is 13.0 Å². The third-order valence-corrected chi connectivity index (χ3v) is 15.4. The molecule has 0 bridgehead atoms. The summed E-state index contributed by atoms with van der Waals surface area (Å²) in [5.41, 5.74) is 13.3. The van der Waals surface area contributed by atoms with E-state index in [-0.39, 0.29) is 12.0 Å². The number of piperidine rings is 2. The van der Waals surface area contributed by atoms with Gasteiger partial charge in [0.2, 0.25) is 0 Å². The zero-order valence-electron chi connectivity index (χ0n) is 34.3. The van der Waals surface area contributed by atoms with E-state index in [4.69, 9.17) is 4.99 Å². The molecule has 0 amide bonds. The van der Waals surface area contributed by atoms with E-state index < -0.39 is 0 Å². The Morgan fingerprint density at radius 3 is 2.26 bits per heavy atom. The van der Waals surface area contributed by atoms with Crippen LogP contribution in [0, 0.1) is 26.2 Å². The van der Waals surface area contributed by atoms with E-state index in [1.807, 2.05) is 30.4 Å². The van der Waals surface area contributed by atoms with E-state index in [1.165, 1.54) is 98.8 Å². The number of phenolic OH excluding ortho intramolecular Hbond substituents is 1. The van der Waals surface area contributed by atoms with Crippen LogP contribution in [0.5, 0.6) is 5.75 Å². The SMILES string of the molecule is Cc1sc2c(c1C)C(c1ccc(N3CCC4(CCN(Cc5ccc([C@@H]6c7ccc(O)cc7CC[C@@H]6c6ccccc6)cc5)CC4)CC3)cc1)=N[C@@H](C)c1nnc(C)n1-2. The number of anilines is 1. The molecule has 8 heteroatoms. The molecule has 7 nitrogen and oxygen atoms in total. The lowest BCUT2D eigenvalue weighted by molar-refractivity contribution is 0.0758. The number of benzene rings is 4. The first-order chi connectivity index (χ1) is 28.2. The van der Waals surface area contributed by atoms with Gasteiger partial charge in [0.25, 0.3) is 0 Å². The maximum Gasteiger partial charge on any atom is 0.162 e. The summed E-state index contributed by atoms with van der Waals surface area (Å²) in [5, 5.41) is 20.4. The molecule has 58 heavy (non-hydrogen) atoms. The normalized spacial score (nSPS) is 21.6. The molecule has 0 unspecified atom stereocenters. The molecule has 0 radical (unpaired) electrons. The van der Waals surface area contributed by atoms with Gasteiger partial charge in [0, 0.05) is 47.2 Å². The molecule has 3 aliphatic heterocycles. The molecular formula is C50H54N6OS. The molecule has 6 aromatic rings. The standard InChI is InChI=1S/C50H54N6OS/c1-32-34(3)58-49-45(32)47(51-33(2)48-53-52-35(4)56(48)49)39-14-17-41(18-15-39)55-28-24-50(25-29-55)22-26-54(27-23-50)31-36-10-12-38(13-11-36)46-43(37-8-6-5-7-9-37)20-16-40-30-42(57)19-21-44(40)46/h5-15,17-19,21,30,33,43,46,57H,16,20,22-29,31H2,1-4H3/t33-,43+,46-/m0/s1. The summed E-state index contributed by atoms with van der Waals surface area (Å²) in [6.45, 7) is 14.2. The molecular weight excluding hydrogens is 733 g/mol. The Hall–Kier alpha value is -5.05. The quantitative estimate of drug-likeness (QED) is 0.182. The summed E-state index contributed by atoms with van der Waals surface area (Å²) in [5.74, 6) is 2.91. The number of aromatic nitrogens is 3. The second-order valence-corrected chi connectivity index (χ2v) is 18.7. The van der Waals surface area contributed by atoms with Gasteiger partial charge in [0.1, 0.15) is 22.6 Å². The summed E-state index contributed by atoms with van der Waals surface area (Å²) in [7, 11) is 0. The van der Waals surface area contributed by atoms with E-state index in [0.29, 0.717) is 17.1 Å². The molecule has 2 saturated heterocycles. The molecule has 5 heterocycles. The molecule has 4 aromatic carbocycles. The fourth-order valence-electron chi connectivity index (χ4n) is 10.6. The number of thiophene rings is 1. The Morgan fingerprint density at radius 2 is 1.52 bits per heavy atom. The van der Waals surface area contributed by atoms with Crippen molar-refractivity contribution in [2.75, 3.05) is 31.1 Å². The minimum atomic E-state index is -0.0729. The smallest absolute Gasteiger partial charge is 0.162 e. The van der Waals surface area contributed by atoms with Crippen LogP contribution in [0.15, 0.2) is 102 Å². The first kappa shape index (κ1) is 37.2. The molecule has 1 spiro atoms. The first-order valence-corrected chi connectivity index (χ1v) is 22.2. The lowest BCUT2D eigenvalue weighted by Gasteiger charge is -2.47. The molecule has 0 saturated carbocycles. The van der Waals surface area contributed by atoms with Gasteiger partial charge in [-0.15, -0.1) is 21.5 Å². The van der Waals surface area contributed by atoms with Crippen molar-refractivity contribution in [2.24, 2.45) is 10.4 Å². The second-order valence-electron chi connectivity index (χ2n) is 17.5. The number of aliphatic imine (C=N–C) groups is 1. The zero-order valence-corrected chi connectivity index (χ0v) is 35.1. The fourth-order valence-corrected chi connectivity index (χ4v) is 11.8. The van der Waals surface area contributed by atoms with Gasteiger partial charge >= 0.3 is 0 Å². The van der Waals surface area contributed by atoms with Crippen molar-refractivity contribution < 1.29 is 5.11 Å². The molecule has 2 fully saturated rings. The Balaban J connectivity index is 0.773. The third-order valence-electron chi connectivity index (χ3n) is 14.2. The van der Waals surface area contributed by atoms with Crippen LogP contribution in [0.1, 0.15) is 118 Å². The molecule has 3 atom stereocenters. The van der Waals surface area contributed by atoms with Crippen LogP contribution in [-0.4, -0.2) is 56.7 Å². The number of nitrogens with zero attached hydrogens (tertiary/aromatic N) is 6. The van der Waals surface area contributed by atoms with E-state index in [9.17, 15) is 5.11 Å². The monoisotopic (exact) mass is 786 g/mol. The van der Waals surface area contributed by atoms with Gasteiger partial charge < -0.3 is 10.0 Å². The van der Waals surface area contributed by atoms with Crippen LogP contribution >= 0.6 is 11.3 Å². The maximum atomic E-state index is 10.3. The number of aryl methyl sites for hydroxylation is 3. The van der Waals surface area contributed by atoms with Gasteiger partial charge in [-0.1, -0.05) is 72.8 Å². The largest absolute Gasteiger partial charge is 0.508 e. The Labute approximate surface area is 347 Å². The number of phenols is 1. The maximum absolute atomic E-state index is 10.3. The van der Waals surface area contributed by atoms with Crippen LogP contribution in [0.2, 0.25) is 0 Å². The van der Waals surface area contributed by atoms with Crippen molar-refractivity contribution in [3.05, 3.63) is 158 Å². The first-order valence-electron chi connectivity index (χ1n) is 21.4. The zero-order chi connectivity index (χ0) is 39.5. The van der Waals surface area contributed by atoms with Gasteiger partial charge in [0.15, 0.2) is 5.82 Å². The van der Waals surface area contributed by atoms with Gasteiger partial charge in [-0.05, 0) is 148 Å². The van der Waals surface area contributed by atoms with Crippen LogP contribution < -0.4 is 4.90 Å². The van der Waals surface area contributed by atoms with Crippen LogP contribution in [0.25, 0.3) is 5.00 Å². The molecule has 4 aliphatic rings. The summed E-state index contributed by atoms with van der Waals surface area (Å²) in [4.78, 5) is 11.9. The van der Waals surface area contributed by atoms with Crippen molar-refractivity contribution in [3.8, 4) is 10.8 Å². The summed E-state index contributed by atoms with van der Waals surface area (Å²) < 4.78 is 2.22. The molecule has 10 rings (SSSR count). The van der Waals surface area contributed by atoms with E-state index >= 15 is 0 Å². The van der Waals surface area contributed by atoms with E-state index in [2.05, 4.69) is 130 Å². The average molecular weight is 787 g/mol. The number of hydrogen-bond donors (Lipinski definition) is 1. The van der Waals surface area contributed by atoms with Crippen molar-refractivity contribution >= 4 is 22.7 Å². The number of rotatable bonds is 6. The highest BCUT2D eigenvalue weighted by Crippen LogP contribution is 2.48. The Kier molecular flexibility index (Phi) is 9.60. The minimum Gasteiger partial charge on any atom is -0.508 e. The number of aromatic hydroxyl groups is 1. The van der Waals surface area contributed by atoms with E-state index in [0.717, 1.165) is 49.8 Å². The topological polar surface area (TPSA) is 69.8 Å². The predicted octanol–water partition coefficient (Wildman–Crippen LogP) is 10.6. The molecule has 2 aromatic heterocycles.